The summed E-state index contributed by atoms with van der Waals surface area (Å²) in [5.74, 6) is 0.0398. The predicted molar refractivity (Wildman–Crippen MR) is 104 cm³/mol. The van der Waals surface area contributed by atoms with Crippen molar-refractivity contribution in [2.24, 2.45) is 0 Å². The molecule has 3 aromatic rings. The van der Waals surface area contributed by atoms with Gasteiger partial charge in [-0.15, -0.1) is 0 Å². The van der Waals surface area contributed by atoms with Gasteiger partial charge >= 0.3 is 0 Å². The van der Waals surface area contributed by atoms with E-state index in [2.05, 4.69) is 24.4 Å². The average molecular weight is 350 g/mol. The summed E-state index contributed by atoms with van der Waals surface area (Å²) >= 11 is 0. The predicted octanol–water partition coefficient (Wildman–Crippen LogP) is 3.78. The second-order valence-electron chi connectivity index (χ2n) is 6.70. The highest BCUT2D eigenvalue weighted by Crippen LogP contribution is 2.29. The monoisotopic (exact) mass is 350 g/mol. The van der Waals surface area contributed by atoms with Crippen LogP contribution >= 0.6 is 0 Å². The van der Waals surface area contributed by atoms with Gasteiger partial charge in [0.05, 0.1) is 12.1 Å². The number of benzene rings is 1. The van der Waals surface area contributed by atoms with Crippen LogP contribution in [0.3, 0.4) is 0 Å². The Bertz CT molecular complexity index is 928. The lowest BCUT2D eigenvalue weighted by molar-refractivity contribution is -0.120. The number of unbranched alkanes of at least 4 members (excludes halogenated alkanes) is 1. The van der Waals surface area contributed by atoms with Crippen LogP contribution in [-0.2, 0) is 11.2 Å². The molecule has 5 nitrogen and oxygen atoms in total. The van der Waals surface area contributed by atoms with Gasteiger partial charge in [-0.1, -0.05) is 43.7 Å². The number of nitrogens with one attached hydrogen (secondary N) is 1. The molecule has 0 unspecified atom stereocenters. The molecule has 0 radical (unpaired) electrons. The molecule has 136 valence electrons. The molecule has 0 saturated heterocycles. The fraction of sp³-hybridized carbons (Fsp3) is 0.381. The molecule has 0 aliphatic carbocycles. The van der Waals surface area contributed by atoms with Gasteiger partial charge in [0.25, 0.3) is 0 Å². The standard InChI is InChI=1S/C21H26N4O/c1-5-6-12-22-19(26)13-18-14(2)23-21-20(17-10-8-7-9-11-17)15(3)24-25(21)16(18)4/h7-11H,5-6,12-13H2,1-4H3,(H,22,26). The number of rotatable bonds is 6. The zero-order valence-corrected chi connectivity index (χ0v) is 16.0. The average Bonchev–Trinajstić information content (AvgIpc) is 2.96. The van der Waals surface area contributed by atoms with E-state index < -0.39 is 0 Å². The van der Waals surface area contributed by atoms with E-state index in [-0.39, 0.29) is 5.91 Å². The van der Waals surface area contributed by atoms with Gasteiger partial charge in [-0.25, -0.2) is 9.50 Å². The lowest BCUT2D eigenvalue weighted by atomic mass is 10.1. The van der Waals surface area contributed by atoms with Crippen molar-refractivity contribution in [3.63, 3.8) is 0 Å². The molecular weight excluding hydrogens is 324 g/mol. The lowest BCUT2D eigenvalue weighted by Crippen LogP contribution is -2.27. The SMILES string of the molecule is CCCCNC(=O)Cc1c(C)nc2c(-c3ccccc3)c(C)nn2c1C. The van der Waals surface area contributed by atoms with Gasteiger partial charge in [0, 0.05) is 29.1 Å². The van der Waals surface area contributed by atoms with Crippen LogP contribution in [0.25, 0.3) is 16.8 Å². The molecule has 3 rings (SSSR count). The first-order valence-electron chi connectivity index (χ1n) is 9.20. The summed E-state index contributed by atoms with van der Waals surface area (Å²) in [6.07, 6.45) is 2.41. The zero-order chi connectivity index (χ0) is 18.7. The first kappa shape index (κ1) is 18.1. The minimum Gasteiger partial charge on any atom is -0.356 e. The number of fused-ring (bicyclic) bond motifs is 1. The largest absolute Gasteiger partial charge is 0.356 e. The maximum absolute atomic E-state index is 12.3. The minimum absolute atomic E-state index is 0.0398. The van der Waals surface area contributed by atoms with Crippen molar-refractivity contribution in [1.82, 2.24) is 19.9 Å². The van der Waals surface area contributed by atoms with Crippen molar-refractivity contribution in [3.8, 4) is 11.1 Å². The van der Waals surface area contributed by atoms with E-state index in [9.17, 15) is 4.79 Å². The third-order valence-corrected chi connectivity index (χ3v) is 4.75. The number of hydrogen-bond donors (Lipinski definition) is 1. The lowest BCUT2D eigenvalue weighted by Gasteiger charge is -2.12. The number of carbonyl (C=O) groups is 1. The van der Waals surface area contributed by atoms with Crippen LogP contribution in [0.5, 0.6) is 0 Å². The first-order valence-corrected chi connectivity index (χ1v) is 9.20. The molecule has 1 N–H and O–H groups in total. The van der Waals surface area contributed by atoms with Crippen molar-refractivity contribution >= 4 is 11.6 Å². The van der Waals surface area contributed by atoms with E-state index in [1.807, 2.05) is 43.5 Å². The molecule has 0 saturated carbocycles. The molecular formula is C21H26N4O. The Morgan fingerprint density at radius 3 is 2.54 bits per heavy atom. The molecule has 0 aliphatic heterocycles. The fourth-order valence-electron chi connectivity index (χ4n) is 3.29. The van der Waals surface area contributed by atoms with Crippen molar-refractivity contribution in [2.75, 3.05) is 6.54 Å². The number of hydrogen-bond acceptors (Lipinski definition) is 3. The van der Waals surface area contributed by atoms with Gasteiger partial charge in [-0.3, -0.25) is 4.79 Å². The molecule has 2 aromatic heterocycles. The molecule has 0 bridgehead atoms. The van der Waals surface area contributed by atoms with Crippen LogP contribution in [0.1, 0.15) is 42.4 Å². The summed E-state index contributed by atoms with van der Waals surface area (Å²) < 4.78 is 1.87. The normalized spacial score (nSPS) is 11.1. The Morgan fingerprint density at radius 1 is 1.12 bits per heavy atom. The summed E-state index contributed by atoms with van der Waals surface area (Å²) in [5.41, 5.74) is 6.76. The molecule has 1 aromatic carbocycles. The van der Waals surface area contributed by atoms with Gasteiger partial charge in [0.1, 0.15) is 0 Å². The molecule has 0 fully saturated rings. The van der Waals surface area contributed by atoms with Crippen LogP contribution in [0, 0.1) is 20.8 Å². The Morgan fingerprint density at radius 2 is 1.85 bits per heavy atom. The van der Waals surface area contributed by atoms with Crippen molar-refractivity contribution in [2.45, 2.75) is 47.0 Å². The van der Waals surface area contributed by atoms with Gasteiger partial charge in [0.2, 0.25) is 5.91 Å². The van der Waals surface area contributed by atoms with E-state index in [0.717, 1.165) is 58.8 Å². The van der Waals surface area contributed by atoms with Gasteiger partial charge in [0.15, 0.2) is 5.65 Å². The van der Waals surface area contributed by atoms with Crippen LogP contribution in [0.2, 0.25) is 0 Å². The van der Waals surface area contributed by atoms with Crippen LogP contribution < -0.4 is 5.32 Å². The van der Waals surface area contributed by atoms with Crippen LogP contribution in [0.4, 0.5) is 0 Å². The van der Waals surface area contributed by atoms with E-state index in [0.29, 0.717) is 6.42 Å². The summed E-state index contributed by atoms with van der Waals surface area (Å²) in [4.78, 5) is 17.1. The summed E-state index contributed by atoms with van der Waals surface area (Å²) in [5, 5.41) is 7.68. The Kier molecular flexibility index (Phi) is 5.35. The minimum atomic E-state index is 0.0398. The highest BCUT2D eigenvalue weighted by atomic mass is 16.1. The molecule has 0 spiro atoms. The van der Waals surface area contributed by atoms with E-state index in [1.165, 1.54) is 0 Å². The topological polar surface area (TPSA) is 59.3 Å². The van der Waals surface area contributed by atoms with Crippen LogP contribution in [0.15, 0.2) is 30.3 Å². The number of aromatic nitrogens is 3. The maximum atomic E-state index is 12.3. The number of nitrogens with zero attached hydrogens (tertiary/aromatic N) is 3. The number of carbonyl (C=O) groups excluding carboxylic acids is 1. The van der Waals surface area contributed by atoms with E-state index >= 15 is 0 Å². The Hall–Kier alpha value is -2.69. The third kappa shape index (κ3) is 3.47. The second kappa shape index (κ2) is 7.68. The fourth-order valence-corrected chi connectivity index (χ4v) is 3.29. The van der Waals surface area contributed by atoms with E-state index in [1.54, 1.807) is 0 Å². The molecule has 2 heterocycles. The molecule has 0 atom stereocenters. The molecule has 1 amide bonds. The number of amides is 1. The van der Waals surface area contributed by atoms with Crippen LogP contribution in [-0.4, -0.2) is 27.0 Å². The van der Waals surface area contributed by atoms with Crippen molar-refractivity contribution in [1.29, 1.82) is 0 Å². The molecule has 0 aliphatic rings. The van der Waals surface area contributed by atoms with Crippen molar-refractivity contribution < 1.29 is 4.79 Å². The highest BCUT2D eigenvalue weighted by Gasteiger charge is 2.19. The Labute approximate surface area is 154 Å². The van der Waals surface area contributed by atoms with Gasteiger partial charge in [-0.05, 0) is 32.8 Å². The Balaban J connectivity index is 2.00. The summed E-state index contributed by atoms with van der Waals surface area (Å²) in [6, 6.07) is 10.2. The highest BCUT2D eigenvalue weighted by molar-refractivity contribution is 5.82. The second-order valence-corrected chi connectivity index (χ2v) is 6.70. The molecule has 26 heavy (non-hydrogen) atoms. The smallest absolute Gasteiger partial charge is 0.224 e. The first-order chi connectivity index (χ1) is 12.5. The maximum Gasteiger partial charge on any atom is 0.224 e. The molecule has 5 heteroatoms. The zero-order valence-electron chi connectivity index (χ0n) is 16.0. The summed E-state index contributed by atoms with van der Waals surface area (Å²) in [7, 11) is 0. The number of aryl methyl sites for hydroxylation is 3. The third-order valence-electron chi connectivity index (χ3n) is 4.75. The summed E-state index contributed by atoms with van der Waals surface area (Å²) in [6.45, 7) is 8.82. The van der Waals surface area contributed by atoms with Gasteiger partial charge < -0.3 is 5.32 Å². The van der Waals surface area contributed by atoms with Gasteiger partial charge in [-0.2, -0.15) is 5.10 Å². The quantitative estimate of drug-likeness (QED) is 0.688. The van der Waals surface area contributed by atoms with E-state index in [4.69, 9.17) is 10.1 Å². The van der Waals surface area contributed by atoms with Crippen molar-refractivity contribution in [3.05, 3.63) is 53.0 Å².